The summed E-state index contributed by atoms with van der Waals surface area (Å²) in [4.78, 5) is 19.1. The summed E-state index contributed by atoms with van der Waals surface area (Å²) < 4.78 is 13.7. The molecule has 0 spiro atoms. The van der Waals surface area contributed by atoms with E-state index < -0.39 is 0 Å². The second-order valence-corrected chi connectivity index (χ2v) is 6.12. The van der Waals surface area contributed by atoms with Crippen LogP contribution in [0.1, 0.15) is 11.4 Å². The van der Waals surface area contributed by atoms with E-state index in [2.05, 4.69) is 9.97 Å². The van der Waals surface area contributed by atoms with Crippen LogP contribution in [0.4, 0.5) is 4.39 Å². The lowest BCUT2D eigenvalue weighted by molar-refractivity contribution is 0.617. The van der Waals surface area contributed by atoms with Crippen molar-refractivity contribution in [1.29, 1.82) is 0 Å². The number of benzene rings is 2. The van der Waals surface area contributed by atoms with Crippen molar-refractivity contribution in [3.63, 3.8) is 0 Å². The smallest absolute Gasteiger partial charge is 0.258 e. The maximum absolute atomic E-state index is 13.7. The van der Waals surface area contributed by atoms with Gasteiger partial charge in [-0.05, 0) is 24.3 Å². The average Bonchev–Trinajstić information content (AvgIpc) is 2.50. The number of para-hydroxylation sites is 1. The van der Waals surface area contributed by atoms with Gasteiger partial charge in [0.15, 0.2) is 0 Å². The van der Waals surface area contributed by atoms with Gasteiger partial charge in [0, 0.05) is 16.3 Å². The van der Waals surface area contributed by atoms with E-state index in [1.54, 1.807) is 30.3 Å². The van der Waals surface area contributed by atoms with Gasteiger partial charge >= 0.3 is 0 Å². The Morgan fingerprint density at radius 1 is 1.14 bits per heavy atom. The molecule has 6 heteroatoms. The Morgan fingerprint density at radius 2 is 1.95 bits per heavy atom. The fourth-order valence-electron chi connectivity index (χ4n) is 2.12. The first kappa shape index (κ1) is 15.1. The van der Waals surface area contributed by atoms with Crippen molar-refractivity contribution in [3.05, 3.63) is 75.0 Å². The third kappa shape index (κ3) is 3.15. The molecule has 0 amide bonds. The first-order valence-corrected chi connectivity index (χ1v) is 8.17. The summed E-state index contributed by atoms with van der Waals surface area (Å²) in [5.74, 6) is 1.15. The second-order valence-electron chi connectivity index (χ2n) is 4.72. The number of H-pyrrole nitrogens is 1. The zero-order valence-corrected chi connectivity index (χ0v) is 13.0. The quantitative estimate of drug-likeness (QED) is 0.779. The molecule has 0 aliphatic carbocycles. The minimum absolute atomic E-state index is 0.162. The lowest BCUT2D eigenvalue weighted by Crippen LogP contribution is -2.11. The van der Waals surface area contributed by atoms with Gasteiger partial charge in [-0.15, -0.1) is 11.8 Å². The number of hydrogen-bond acceptors (Lipinski definition) is 3. The Hall–Kier alpha value is -1.85. The monoisotopic (exact) mass is 334 g/mol. The Morgan fingerprint density at radius 3 is 2.77 bits per heavy atom. The SMILES string of the molecule is O=c1[nH]c(CSCc2c(F)cccc2Cl)nc2ccccc12. The van der Waals surface area contributed by atoms with Gasteiger partial charge in [-0.1, -0.05) is 29.8 Å². The van der Waals surface area contributed by atoms with Crippen LogP contribution < -0.4 is 5.56 Å². The molecule has 0 fully saturated rings. The molecule has 3 rings (SSSR count). The predicted octanol–water partition coefficient (Wildman–Crippen LogP) is 4.15. The second kappa shape index (κ2) is 6.50. The van der Waals surface area contributed by atoms with E-state index >= 15 is 0 Å². The molecule has 112 valence electrons. The predicted molar refractivity (Wildman–Crippen MR) is 88.8 cm³/mol. The minimum Gasteiger partial charge on any atom is -0.309 e. The highest BCUT2D eigenvalue weighted by Gasteiger charge is 2.08. The van der Waals surface area contributed by atoms with Crippen LogP contribution in [0.3, 0.4) is 0 Å². The molecule has 0 radical (unpaired) electrons. The van der Waals surface area contributed by atoms with Gasteiger partial charge in [-0.3, -0.25) is 4.79 Å². The Bertz CT molecular complexity index is 861. The van der Waals surface area contributed by atoms with Crippen molar-refractivity contribution in [1.82, 2.24) is 9.97 Å². The summed E-state index contributed by atoms with van der Waals surface area (Å²) in [5, 5.41) is 0.973. The molecule has 3 aromatic rings. The standard InChI is InChI=1S/C16H12ClFN2OS/c17-12-5-3-6-13(18)11(12)8-22-9-15-19-14-7-2-1-4-10(14)16(21)20-15/h1-7H,8-9H2,(H,19,20,21). The van der Waals surface area contributed by atoms with E-state index in [1.807, 2.05) is 6.07 Å². The third-order valence-corrected chi connectivity index (χ3v) is 4.53. The number of nitrogens with one attached hydrogen (secondary N) is 1. The van der Waals surface area contributed by atoms with Crippen molar-refractivity contribution in [2.75, 3.05) is 0 Å². The summed E-state index contributed by atoms with van der Waals surface area (Å²) >= 11 is 7.44. The molecule has 2 aromatic carbocycles. The molecule has 1 heterocycles. The van der Waals surface area contributed by atoms with Crippen LogP contribution in [-0.4, -0.2) is 9.97 Å². The van der Waals surface area contributed by atoms with E-state index in [9.17, 15) is 9.18 Å². The number of hydrogen-bond donors (Lipinski definition) is 1. The van der Waals surface area contributed by atoms with Crippen molar-refractivity contribution < 1.29 is 4.39 Å². The summed E-state index contributed by atoms with van der Waals surface area (Å²) in [6.45, 7) is 0. The average molecular weight is 335 g/mol. The van der Waals surface area contributed by atoms with Crippen LogP contribution in [0.5, 0.6) is 0 Å². The van der Waals surface area contributed by atoms with Gasteiger partial charge in [0.1, 0.15) is 11.6 Å². The normalized spacial score (nSPS) is 11.0. The van der Waals surface area contributed by atoms with Crippen LogP contribution in [0.15, 0.2) is 47.3 Å². The number of halogens is 2. The fourth-order valence-corrected chi connectivity index (χ4v) is 3.36. The molecule has 0 atom stereocenters. The van der Waals surface area contributed by atoms with Gasteiger partial charge in [-0.2, -0.15) is 0 Å². The zero-order chi connectivity index (χ0) is 15.5. The lowest BCUT2D eigenvalue weighted by Gasteiger charge is -2.06. The molecule has 0 aliphatic heterocycles. The molecule has 1 aromatic heterocycles. The summed E-state index contributed by atoms with van der Waals surface area (Å²) in [6, 6.07) is 11.8. The molecular formula is C16H12ClFN2OS. The van der Waals surface area contributed by atoms with E-state index in [4.69, 9.17) is 11.6 Å². The van der Waals surface area contributed by atoms with Crippen LogP contribution in [0, 0.1) is 5.82 Å². The number of rotatable bonds is 4. The van der Waals surface area contributed by atoms with Gasteiger partial charge < -0.3 is 4.98 Å². The van der Waals surface area contributed by atoms with Gasteiger partial charge in [0.25, 0.3) is 5.56 Å². The van der Waals surface area contributed by atoms with Gasteiger partial charge in [0.2, 0.25) is 0 Å². The highest BCUT2D eigenvalue weighted by molar-refractivity contribution is 7.97. The molecule has 22 heavy (non-hydrogen) atoms. The molecule has 0 bridgehead atoms. The van der Waals surface area contributed by atoms with Gasteiger partial charge in [-0.25, -0.2) is 9.37 Å². The summed E-state index contributed by atoms with van der Waals surface area (Å²) in [5.41, 5.74) is 0.966. The molecule has 0 saturated carbocycles. The number of aromatic nitrogens is 2. The van der Waals surface area contributed by atoms with Crippen molar-refractivity contribution in [3.8, 4) is 0 Å². The summed E-state index contributed by atoms with van der Waals surface area (Å²) in [6.07, 6.45) is 0. The number of fused-ring (bicyclic) bond motifs is 1. The van der Waals surface area contributed by atoms with Crippen LogP contribution in [-0.2, 0) is 11.5 Å². The molecular weight excluding hydrogens is 323 g/mol. The van der Waals surface area contributed by atoms with E-state index in [1.165, 1.54) is 17.8 Å². The molecule has 0 unspecified atom stereocenters. The van der Waals surface area contributed by atoms with Gasteiger partial charge in [0.05, 0.1) is 16.7 Å². The highest BCUT2D eigenvalue weighted by Crippen LogP contribution is 2.25. The van der Waals surface area contributed by atoms with Crippen molar-refractivity contribution >= 4 is 34.3 Å². The maximum Gasteiger partial charge on any atom is 0.258 e. The number of nitrogens with zero attached hydrogens (tertiary/aromatic N) is 1. The Balaban J connectivity index is 1.76. The first-order chi connectivity index (χ1) is 10.6. The maximum atomic E-state index is 13.7. The topological polar surface area (TPSA) is 45.8 Å². The first-order valence-electron chi connectivity index (χ1n) is 6.64. The molecule has 0 saturated heterocycles. The summed E-state index contributed by atoms with van der Waals surface area (Å²) in [7, 11) is 0. The number of thioether (sulfide) groups is 1. The van der Waals surface area contributed by atoms with E-state index in [0.717, 1.165) is 0 Å². The molecule has 0 aliphatic rings. The Labute approximate surface area is 135 Å². The molecule has 1 N–H and O–H groups in total. The zero-order valence-electron chi connectivity index (χ0n) is 11.5. The fraction of sp³-hybridized carbons (Fsp3) is 0.125. The van der Waals surface area contributed by atoms with E-state index in [0.29, 0.717) is 38.8 Å². The highest BCUT2D eigenvalue weighted by atomic mass is 35.5. The van der Waals surface area contributed by atoms with Crippen molar-refractivity contribution in [2.45, 2.75) is 11.5 Å². The van der Waals surface area contributed by atoms with Crippen LogP contribution >= 0.6 is 23.4 Å². The minimum atomic E-state index is -0.319. The largest absolute Gasteiger partial charge is 0.309 e. The van der Waals surface area contributed by atoms with Crippen LogP contribution in [0.25, 0.3) is 10.9 Å². The van der Waals surface area contributed by atoms with Crippen molar-refractivity contribution in [2.24, 2.45) is 0 Å². The number of aromatic amines is 1. The van der Waals surface area contributed by atoms with E-state index in [-0.39, 0.29) is 11.4 Å². The molecule has 3 nitrogen and oxygen atoms in total. The lowest BCUT2D eigenvalue weighted by atomic mass is 10.2. The Kier molecular flexibility index (Phi) is 4.45. The van der Waals surface area contributed by atoms with Crippen LogP contribution in [0.2, 0.25) is 5.02 Å². The third-order valence-electron chi connectivity index (χ3n) is 3.21.